The predicted octanol–water partition coefficient (Wildman–Crippen LogP) is 3.85. The Morgan fingerprint density at radius 1 is 1.24 bits per heavy atom. The first-order valence-corrected chi connectivity index (χ1v) is 6.53. The highest BCUT2D eigenvalue weighted by Gasteiger charge is 2.07. The number of rotatable bonds is 4. The first-order chi connectivity index (χ1) is 8.04. The smallest absolute Gasteiger partial charge is 0.185 e. The van der Waals surface area contributed by atoms with Gasteiger partial charge in [-0.05, 0) is 30.8 Å². The number of hydrogen-bond acceptors (Lipinski definition) is 2. The van der Waals surface area contributed by atoms with Crippen molar-refractivity contribution in [3.8, 4) is 0 Å². The van der Waals surface area contributed by atoms with Crippen LogP contribution >= 0.6 is 47.0 Å². The number of halogens is 3. The lowest BCUT2D eigenvalue weighted by molar-refractivity contribution is 0.826. The summed E-state index contributed by atoms with van der Waals surface area (Å²) < 4.78 is 0. The molecule has 0 radical (unpaired) electrons. The maximum absolute atomic E-state index is 5.99. The Morgan fingerprint density at radius 2 is 1.82 bits per heavy atom. The molecular formula is C10H12Cl3N3S. The van der Waals surface area contributed by atoms with Gasteiger partial charge in [-0.3, -0.25) is 10.9 Å². The van der Waals surface area contributed by atoms with Gasteiger partial charge in [0.2, 0.25) is 0 Å². The molecule has 3 nitrogen and oxygen atoms in total. The molecule has 0 saturated carbocycles. The average Bonchev–Trinajstić information content (AvgIpc) is 2.24. The number of benzene rings is 1. The standard InChI is InChI=1S/C10H12Cl3N3S/c1-2-3-14-10(17)16-15-9-7(12)4-6(11)5-8(9)13/h4-5,15H,2-3H2,1H3,(H2,14,16,17). The topological polar surface area (TPSA) is 36.1 Å². The summed E-state index contributed by atoms with van der Waals surface area (Å²) in [6.45, 7) is 2.85. The minimum atomic E-state index is 0.424. The van der Waals surface area contributed by atoms with Crippen molar-refractivity contribution in [2.24, 2.45) is 0 Å². The largest absolute Gasteiger partial charge is 0.361 e. The summed E-state index contributed by atoms with van der Waals surface area (Å²) in [7, 11) is 0. The second kappa shape index (κ2) is 7.11. The highest BCUT2D eigenvalue weighted by Crippen LogP contribution is 2.32. The minimum Gasteiger partial charge on any atom is -0.361 e. The molecular weight excluding hydrogens is 301 g/mol. The quantitative estimate of drug-likeness (QED) is 0.583. The second-order valence-corrected chi connectivity index (χ2v) is 4.91. The van der Waals surface area contributed by atoms with Crippen LogP contribution in [0.3, 0.4) is 0 Å². The summed E-state index contributed by atoms with van der Waals surface area (Å²) in [6, 6.07) is 3.20. The molecule has 94 valence electrons. The summed E-state index contributed by atoms with van der Waals surface area (Å²) in [5, 5.41) is 4.81. The Kier molecular flexibility index (Phi) is 6.12. The van der Waals surface area contributed by atoms with E-state index in [1.807, 2.05) is 0 Å². The van der Waals surface area contributed by atoms with E-state index in [0.717, 1.165) is 13.0 Å². The zero-order chi connectivity index (χ0) is 12.8. The van der Waals surface area contributed by atoms with Crippen LogP contribution in [0, 0.1) is 0 Å². The van der Waals surface area contributed by atoms with Crippen LogP contribution < -0.4 is 16.2 Å². The molecule has 0 saturated heterocycles. The van der Waals surface area contributed by atoms with Crippen LogP contribution in [0.2, 0.25) is 15.1 Å². The maximum atomic E-state index is 5.99. The highest BCUT2D eigenvalue weighted by molar-refractivity contribution is 7.80. The Bertz CT molecular complexity index is 389. The van der Waals surface area contributed by atoms with Crippen molar-refractivity contribution >= 4 is 57.8 Å². The Labute approximate surface area is 121 Å². The van der Waals surface area contributed by atoms with Crippen LogP contribution in [0.1, 0.15) is 13.3 Å². The zero-order valence-electron chi connectivity index (χ0n) is 9.11. The molecule has 0 spiro atoms. The SMILES string of the molecule is CCCNC(=S)NNc1c(Cl)cc(Cl)cc1Cl. The summed E-state index contributed by atoms with van der Waals surface area (Å²) >= 11 is 22.8. The summed E-state index contributed by atoms with van der Waals surface area (Å²) in [4.78, 5) is 0. The molecule has 0 amide bonds. The van der Waals surface area contributed by atoms with E-state index >= 15 is 0 Å². The first kappa shape index (κ1) is 14.6. The third-order valence-electron chi connectivity index (χ3n) is 1.84. The molecule has 0 fully saturated rings. The van der Waals surface area contributed by atoms with Gasteiger partial charge in [-0.25, -0.2) is 0 Å². The van der Waals surface area contributed by atoms with E-state index in [0.29, 0.717) is 25.9 Å². The minimum absolute atomic E-state index is 0.424. The average molecular weight is 313 g/mol. The number of nitrogens with one attached hydrogen (secondary N) is 3. The van der Waals surface area contributed by atoms with E-state index < -0.39 is 0 Å². The van der Waals surface area contributed by atoms with Gasteiger partial charge in [0, 0.05) is 11.6 Å². The zero-order valence-corrected chi connectivity index (χ0v) is 12.2. The fraction of sp³-hybridized carbons (Fsp3) is 0.300. The Morgan fingerprint density at radius 3 is 2.35 bits per heavy atom. The number of thiocarbonyl (C=S) groups is 1. The number of hydrazine groups is 1. The van der Waals surface area contributed by atoms with Gasteiger partial charge in [0.15, 0.2) is 5.11 Å². The van der Waals surface area contributed by atoms with E-state index in [2.05, 4.69) is 23.1 Å². The van der Waals surface area contributed by atoms with Gasteiger partial charge in [0.05, 0.1) is 15.7 Å². The molecule has 0 unspecified atom stereocenters. The molecule has 1 aromatic rings. The van der Waals surface area contributed by atoms with Gasteiger partial charge in [0.25, 0.3) is 0 Å². The normalized spacial score (nSPS) is 9.88. The number of anilines is 1. The van der Waals surface area contributed by atoms with Crippen LogP contribution in [-0.2, 0) is 0 Å². The maximum Gasteiger partial charge on any atom is 0.185 e. The van der Waals surface area contributed by atoms with Crippen molar-refractivity contribution in [3.63, 3.8) is 0 Å². The highest BCUT2D eigenvalue weighted by atomic mass is 35.5. The van der Waals surface area contributed by atoms with E-state index in [1.54, 1.807) is 12.1 Å². The van der Waals surface area contributed by atoms with Crippen LogP contribution in [0.15, 0.2) is 12.1 Å². The fourth-order valence-electron chi connectivity index (χ4n) is 1.06. The van der Waals surface area contributed by atoms with E-state index in [9.17, 15) is 0 Å². The molecule has 0 heterocycles. The lowest BCUT2D eigenvalue weighted by Crippen LogP contribution is -2.39. The molecule has 3 N–H and O–H groups in total. The Hall–Kier alpha value is -0.420. The molecule has 7 heteroatoms. The molecule has 0 atom stereocenters. The Balaban J connectivity index is 2.60. The van der Waals surface area contributed by atoms with Crippen LogP contribution in [-0.4, -0.2) is 11.7 Å². The third-order valence-corrected chi connectivity index (χ3v) is 2.90. The van der Waals surface area contributed by atoms with Gasteiger partial charge in [-0.15, -0.1) is 0 Å². The van der Waals surface area contributed by atoms with Crippen molar-refractivity contribution in [3.05, 3.63) is 27.2 Å². The number of hydrogen-bond donors (Lipinski definition) is 3. The molecule has 1 aromatic carbocycles. The van der Waals surface area contributed by atoms with Crippen molar-refractivity contribution in [2.75, 3.05) is 12.0 Å². The van der Waals surface area contributed by atoms with E-state index in [1.165, 1.54) is 0 Å². The van der Waals surface area contributed by atoms with Gasteiger partial charge in [0.1, 0.15) is 0 Å². The molecule has 1 rings (SSSR count). The van der Waals surface area contributed by atoms with Crippen molar-refractivity contribution in [2.45, 2.75) is 13.3 Å². The third kappa shape index (κ3) is 4.76. The molecule has 0 aliphatic heterocycles. The predicted molar refractivity (Wildman–Crippen MR) is 79.1 cm³/mol. The van der Waals surface area contributed by atoms with E-state index in [-0.39, 0.29) is 0 Å². The second-order valence-electron chi connectivity index (χ2n) is 3.25. The van der Waals surface area contributed by atoms with Gasteiger partial charge < -0.3 is 5.32 Å². The summed E-state index contributed by atoms with van der Waals surface area (Å²) in [6.07, 6.45) is 0.990. The van der Waals surface area contributed by atoms with Crippen LogP contribution in [0.5, 0.6) is 0 Å². The lowest BCUT2D eigenvalue weighted by atomic mass is 10.3. The van der Waals surface area contributed by atoms with Crippen molar-refractivity contribution < 1.29 is 0 Å². The molecule has 0 aliphatic carbocycles. The molecule has 0 aliphatic rings. The van der Waals surface area contributed by atoms with Gasteiger partial charge in [-0.2, -0.15) is 0 Å². The summed E-state index contributed by atoms with van der Waals surface area (Å²) in [5.74, 6) is 0. The summed E-state index contributed by atoms with van der Waals surface area (Å²) in [5.41, 5.74) is 6.17. The monoisotopic (exact) mass is 311 g/mol. The first-order valence-electron chi connectivity index (χ1n) is 4.99. The van der Waals surface area contributed by atoms with Gasteiger partial charge >= 0.3 is 0 Å². The van der Waals surface area contributed by atoms with Crippen LogP contribution in [0.25, 0.3) is 0 Å². The molecule has 0 bridgehead atoms. The van der Waals surface area contributed by atoms with E-state index in [4.69, 9.17) is 47.0 Å². The van der Waals surface area contributed by atoms with Crippen LogP contribution in [0.4, 0.5) is 5.69 Å². The van der Waals surface area contributed by atoms with Gasteiger partial charge in [-0.1, -0.05) is 41.7 Å². The molecule has 17 heavy (non-hydrogen) atoms. The fourth-order valence-corrected chi connectivity index (χ4v) is 2.13. The lowest BCUT2D eigenvalue weighted by Gasteiger charge is -2.14. The van der Waals surface area contributed by atoms with Crippen molar-refractivity contribution in [1.29, 1.82) is 0 Å². The van der Waals surface area contributed by atoms with Crippen molar-refractivity contribution in [1.82, 2.24) is 10.7 Å². The molecule has 0 aromatic heterocycles.